The van der Waals surface area contributed by atoms with Gasteiger partial charge in [-0.05, 0) is 32.8 Å². The average Bonchev–Trinajstić information content (AvgIpc) is 3.15. The maximum absolute atomic E-state index is 12.3. The molecule has 0 aromatic carbocycles. The first-order valence-electron chi connectivity index (χ1n) is 8.48. The van der Waals surface area contributed by atoms with Gasteiger partial charge in [0.25, 0.3) is 0 Å². The number of carbonyl (C=O) groups is 1. The normalized spacial score (nSPS) is 21.8. The Bertz CT molecular complexity index is 541. The lowest BCUT2D eigenvalue weighted by Crippen LogP contribution is -2.32. The number of carbonyl (C=O) groups excluding carboxylic acids is 1. The number of aryl methyl sites for hydroxylation is 2. The van der Waals surface area contributed by atoms with E-state index in [2.05, 4.69) is 9.97 Å². The summed E-state index contributed by atoms with van der Waals surface area (Å²) in [5.74, 6) is 0.853. The molecule has 1 aliphatic heterocycles. The van der Waals surface area contributed by atoms with Crippen LogP contribution in [0.25, 0.3) is 0 Å². The minimum absolute atomic E-state index is 0.0108. The third kappa shape index (κ3) is 4.59. The van der Waals surface area contributed by atoms with E-state index in [0.29, 0.717) is 23.6 Å². The molecule has 1 aliphatic carbocycles. The van der Waals surface area contributed by atoms with E-state index in [-0.39, 0.29) is 12.0 Å². The van der Waals surface area contributed by atoms with Crippen LogP contribution < -0.4 is 4.74 Å². The van der Waals surface area contributed by atoms with Gasteiger partial charge in [-0.15, -0.1) is 11.8 Å². The summed E-state index contributed by atoms with van der Waals surface area (Å²) in [7, 11) is 0. The Kier molecular flexibility index (Phi) is 5.41. The Morgan fingerprint density at radius 2 is 1.96 bits per heavy atom. The molecule has 2 aliphatic rings. The third-order valence-corrected chi connectivity index (χ3v) is 5.83. The molecule has 2 heterocycles. The molecule has 23 heavy (non-hydrogen) atoms. The molecule has 3 rings (SSSR count). The Morgan fingerprint density at radius 1 is 1.26 bits per heavy atom. The molecule has 1 aromatic rings. The lowest BCUT2D eigenvalue weighted by molar-refractivity contribution is -0.127. The van der Waals surface area contributed by atoms with Crippen molar-refractivity contribution in [1.82, 2.24) is 14.9 Å². The number of likely N-dealkylation sites (tertiary alicyclic amines) is 1. The molecule has 1 unspecified atom stereocenters. The van der Waals surface area contributed by atoms with Crippen LogP contribution in [0, 0.1) is 13.8 Å². The second-order valence-corrected chi connectivity index (χ2v) is 7.81. The van der Waals surface area contributed by atoms with Crippen molar-refractivity contribution in [2.75, 3.05) is 18.8 Å². The van der Waals surface area contributed by atoms with Crippen LogP contribution in [0.5, 0.6) is 6.01 Å². The fourth-order valence-electron chi connectivity index (χ4n) is 3.28. The van der Waals surface area contributed by atoms with Crippen LogP contribution in [0.3, 0.4) is 0 Å². The van der Waals surface area contributed by atoms with Crippen LogP contribution in [-0.2, 0) is 4.79 Å². The molecule has 5 nitrogen and oxygen atoms in total. The van der Waals surface area contributed by atoms with Crippen molar-refractivity contribution < 1.29 is 9.53 Å². The van der Waals surface area contributed by atoms with E-state index < -0.39 is 0 Å². The van der Waals surface area contributed by atoms with Crippen LogP contribution >= 0.6 is 11.8 Å². The zero-order chi connectivity index (χ0) is 16.2. The van der Waals surface area contributed by atoms with Gasteiger partial charge in [-0.3, -0.25) is 4.79 Å². The highest BCUT2D eigenvalue weighted by molar-refractivity contribution is 8.00. The molecule has 1 aromatic heterocycles. The molecule has 0 N–H and O–H groups in total. The zero-order valence-electron chi connectivity index (χ0n) is 14.0. The Balaban J connectivity index is 1.46. The molecule has 0 spiro atoms. The Labute approximate surface area is 142 Å². The van der Waals surface area contributed by atoms with Crippen molar-refractivity contribution in [3.63, 3.8) is 0 Å². The molecule has 126 valence electrons. The van der Waals surface area contributed by atoms with Crippen molar-refractivity contribution in [2.45, 2.75) is 57.3 Å². The molecule has 0 bridgehead atoms. The van der Waals surface area contributed by atoms with Gasteiger partial charge in [-0.1, -0.05) is 12.8 Å². The fraction of sp³-hybridized carbons (Fsp3) is 0.706. The first-order chi connectivity index (χ1) is 11.1. The van der Waals surface area contributed by atoms with Gasteiger partial charge in [-0.2, -0.15) is 0 Å². The largest absolute Gasteiger partial charge is 0.458 e. The van der Waals surface area contributed by atoms with E-state index in [9.17, 15) is 4.79 Å². The van der Waals surface area contributed by atoms with Gasteiger partial charge in [0.1, 0.15) is 6.10 Å². The maximum Gasteiger partial charge on any atom is 0.317 e. The van der Waals surface area contributed by atoms with Crippen molar-refractivity contribution in [1.29, 1.82) is 0 Å². The van der Waals surface area contributed by atoms with Crippen molar-refractivity contribution >= 4 is 17.7 Å². The summed E-state index contributed by atoms with van der Waals surface area (Å²) in [5, 5.41) is 0.692. The first kappa shape index (κ1) is 16.6. The summed E-state index contributed by atoms with van der Waals surface area (Å²) in [6.07, 6.45) is 6.05. The maximum atomic E-state index is 12.3. The molecule has 1 atom stereocenters. The van der Waals surface area contributed by atoms with Gasteiger partial charge in [0.15, 0.2) is 0 Å². The number of rotatable bonds is 5. The lowest BCUT2D eigenvalue weighted by atomic mass is 10.3. The topological polar surface area (TPSA) is 55.3 Å². The predicted octanol–water partition coefficient (Wildman–Crippen LogP) is 2.75. The smallest absolute Gasteiger partial charge is 0.317 e. The van der Waals surface area contributed by atoms with E-state index >= 15 is 0 Å². The molecule has 6 heteroatoms. The molecule has 1 saturated heterocycles. The van der Waals surface area contributed by atoms with E-state index in [1.54, 1.807) is 0 Å². The van der Waals surface area contributed by atoms with Crippen LogP contribution in [0.15, 0.2) is 6.07 Å². The number of hydrogen-bond donors (Lipinski definition) is 0. The number of hydrogen-bond acceptors (Lipinski definition) is 5. The summed E-state index contributed by atoms with van der Waals surface area (Å²) in [4.78, 5) is 22.9. The van der Waals surface area contributed by atoms with Crippen molar-refractivity contribution in [3.05, 3.63) is 17.5 Å². The zero-order valence-corrected chi connectivity index (χ0v) is 14.8. The summed E-state index contributed by atoms with van der Waals surface area (Å²) < 4.78 is 5.87. The Hall–Kier alpha value is -1.30. The van der Waals surface area contributed by atoms with Crippen LogP contribution in [-0.4, -0.2) is 51.0 Å². The van der Waals surface area contributed by atoms with Gasteiger partial charge in [0.2, 0.25) is 5.91 Å². The van der Waals surface area contributed by atoms with Crippen molar-refractivity contribution in [2.24, 2.45) is 0 Å². The number of nitrogens with zero attached hydrogens (tertiary/aromatic N) is 3. The van der Waals surface area contributed by atoms with Gasteiger partial charge < -0.3 is 9.64 Å². The predicted molar refractivity (Wildman–Crippen MR) is 91.8 cm³/mol. The SMILES string of the molecule is Cc1cc(C)nc(OC2CCN(C(=O)CSC3CCCC3)C2)n1. The lowest BCUT2D eigenvalue weighted by Gasteiger charge is -2.18. The molecule has 0 radical (unpaired) electrons. The summed E-state index contributed by atoms with van der Waals surface area (Å²) in [6, 6.07) is 2.36. The van der Waals surface area contributed by atoms with Crippen LogP contribution in [0.1, 0.15) is 43.5 Å². The fourth-order valence-corrected chi connectivity index (χ4v) is 4.51. The van der Waals surface area contributed by atoms with E-state index in [1.165, 1.54) is 25.7 Å². The van der Waals surface area contributed by atoms with E-state index in [0.717, 1.165) is 24.4 Å². The Morgan fingerprint density at radius 3 is 2.65 bits per heavy atom. The van der Waals surface area contributed by atoms with Crippen molar-refractivity contribution in [3.8, 4) is 6.01 Å². The minimum Gasteiger partial charge on any atom is -0.458 e. The third-order valence-electron chi connectivity index (χ3n) is 4.48. The molecular formula is C17H25N3O2S. The number of aromatic nitrogens is 2. The molecular weight excluding hydrogens is 310 g/mol. The second kappa shape index (κ2) is 7.51. The second-order valence-electron chi connectivity index (χ2n) is 6.52. The first-order valence-corrected chi connectivity index (χ1v) is 9.53. The van der Waals surface area contributed by atoms with Crippen LogP contribution in [0.4, 0.5) is 0 Å². The highest BCUT2D eigenvalue weighted by Gasteiger charge is 2.29. The summed E-state index contributed by atoms with van der Waals surface area (Å²) in [5.41, 5.74) is 1.82. The minimum atomic E-state index is 0.0108. The van der Waals surface area contributed by atoms with E-state index in [4.69, 9.17) is 4.74 Å². The highest BCUT2D eigenvalue weighted by Crippen LogP contribution is 2.29. The van der Waals surface area contributed by atoms with Gasteiger partial charge in [-0.25, -0.2) is 9.97 Å². The van der Waals surface area contributed by atoms with Gasteiger partial charge in [0.05, 0.1) is 12.3 Å². The summed E-state index contributed by atoms with van der Waals surface area (Å²) >= 11 is 1.83. The van der Waals surface area contributed by atoms with Gasteiger partial charge >= 0.3 is 6.01 Å². The van der Waals surface area contributed by atoms with E-state index in [1.807, 2.05) is 36.6 Å². The standard InChI is InChI=1S/C17H25N3O2S/c1-12-9-13(2)19-17(18-12)22-14-7-8-20(10-14)16(21)11-23-15-5-3-4-6-15/h9,14-15H,3-8,10-11H2,1-2H3. The monoisotopic (exact) mass is 335 g/mol. The average molecular weight is 335 g/mol. The molecule has 1 saturated carbocycles. The highest BCUT2D eigenvalue weighted by atomic mass is 32.2. The van der Waals surface area contributed by atoms with Gasteiger partial charge in [0, 0.05) is 29.6 Å². The number of ether oxygens (including phenoxy) is 1. The molecule has 2 fully saturated rings. The quantitative estimate of drug-likeness (QED) is 0.828. The summed E-state index contributed by atoms with van der Waals surface area (Å²) in [6.45, 7) is 5.30. The number of amides is 1. The number of thioether (sulfide) groups is 1. The van der Waals surface area contributed by atoms with Crippen LogP contribution in [0.2, 0.25) is 0 Å². The molecule has 1 amide bonds.